The molecule has 1 unspecified atom stereocenters. The Morgan fingerprint density at radius 1 is 1.15 bits per heavy atom. The molecular weight excluding hydrogens is 275 g/mol. The Bertz CT molecular complexity index is 433. The van der Waals surface area contributed by atoms with Crippen LogP contribution in [0.1, 0.15) is 33.1 Å². The lowest BCUT2D eigenvalue weighted by Crippen LogP contribution is -2.56. The number of nitrogens with one attached hydrogen (secondary N) is 1. The van der Waals surface area contributed by atoms with Gasteiger partial charge in [0.1, 0.15) is 5.41 Å². The van der Waals surface area contributed by atoms with Gasteiger partial charge < -0.3 is 10.4 Å². The molecule has 2 rings (SSSR count). The van der Waals surface area contributed by atoms with Crippen LogP contribution in [0.15, 0.2) is 0 Å². The van der Waals surface area contributed by atoms with Crippen molar-refractivity contribution in [2.45, 2.75) is 45.3 Å². The van der Waals surface area contributed by atoms with Gasteiger partial charge in [-0.25, -0.2) is 0 Å². The van der Waals surface area contributed by atoms with Crippen molar-refractivity contribution in [3.8, 4) is 0 Å². The highest BCUT2D eigenvalue weighted by Gasteiger charge is 2.55. The lowest BCUT2D eigenvalue weighted by molar-refractivity contribution is -0.212. The fraction of sp³-hybridized carbons (Fsp3) is 0.846. The zero-order chi connectivity index (χ0) is 15.3. The summed E-state index contributed by atoms with van der Waals surface area (Å²) >= 11 is 0. The average molecular weight is 293 g/mol. The Labute approximate surface area is 114 Å². The van der Waals surface area contributed by atoms with Crippen LogP contribution in [0, 0.1) is 23.2 Å². The van der Waals surface area contributed by atoms with Gasteiger partial charge in [-0.15, -0.1) is 0 Å². The molecule has 114 valence electrons. The number of alkyl halides is 3. The Balaban J connectivity index is 1.94. The number of amides is 1. The van der Waals surface area contributed by atoms with Crippen LogP contribution in [0.25, 0.3) is 0 Å². The number of hydrogen-bond acceptors (Lipinski definition) is 2. The lowest BCUT2D eigenvalue weighted by atomic mass is 9.71. The third kappa shape index (κ3) is 2.38. The van der Waals surface area contributed by atoms with E-state index in [9.17, 15) is 22.8 Å². The lowest BCUT2D eigenvalue weighted by Gasteiger charge is -2.42. The van der Waals surface area contributed by atoms with E-state index in [-0.39, 0.29) is 17.9 Å². The molecule has 0 aromatic carbocycles. The van der Waals surface area contributed by atoms with E-state index in [1.54, 1.807) is 0 Å². The summed E-state index contributed by atoms with van der Waals surface area (Å²) < 4.78 is 38.3. The van der Waals surface area contributed by atoms with Gasteiger partial charge in [0, 0.05) is 6.04 Å². The van der Waals surface area contributed by atoms with Crippen molar-refractivity contribution in [3.63, 3.8) is 0 Å². The van der Waals surface area contributed by atoms with Crippen molar-refractivity contribution in [3.05, 3.63) is 0 Å². The minimum absolute atomic E-state index is 0.00378. The number of aliphatic carboxylic acids is 1. The molecule has 1 amide bonds. The standard InChI is InChI=1S/C13H18F3NO3/c1-12(2,13(14,15)16)11(20)17-9-5-6-3-7(10(18)19)4-8(6)9/h6-9H,3-5H2,1-2H3,(H,17,20)(H,18,19)/t6-,7?,8-,9+/m0/s1. The van der Waals surface area contributed by atoms with Gasteiger partial charge in [-0.2, -0.15) is 13.2 Å². The quantitative estimate of drug-likeness (QED) is 0.838. The van der Waals surface area contributed by atoms with Crippen molar-refractivity contribution < 1.29 is 27.9 Å². The smallest absolute Gasteiger partial charge is 0.402 e. The molecular formula is C13H18F3NO3. The molecule has 4 atom stereocenters. The van der Waals surface area contributed by atoms with Gasteiger partial charge in [-0.05, 0) is 44.9 Å². The van der Waals surface area contributed by atoms with Crippen LogP contribution in [0.2, 0.25) is 0 Å². The van der Waals surface area contributed by atoms with Gasteiger partial charge in [0.05, 0.1) is 5.92 Å². The van der Waals surface area contributed by atoms with Gasteiger partial charge in [0.25, 0.3) is 0 Å². The number of carboxylic acid groups (broad SMARTS) is 1. The number of hydrogen-bond donors (Lipinski definition) is 2. The number of fused-ring (bicyclic) bond motifs is 1. The van der Waals surface area contributed by atoms with Crippen LogP contribution < -0.4 is 5.32 Å². The Morgan fingerprint density at radius 3 is 2.25 bits per heavy atom. The van der Waals surface area contributed by atoms with Gasteiger partial charge in [-0.1, -0.05) is 0 Å². The molecule has 0 bridgehead atoms. The third-order valence-corrected chi connectivity index (χ3v) is 4.77. The normalized spacial score (nSPS) is 33.2. The van der Waals surface area contributed by atoms with Crippen molar-refractivity contribution in [1.82, 2.24) is 5.32 Å². The van der Waals surface area contributed by atoms with Crippen LogP contribution >= 0.6 is 0 Å². The summed E-state index contributed by atoms with van der Waals surface area (Å²) in [5, 5.41) is 11.4. The summed E-state index contributed by atoms with van der Waals surface area (Å²) in [4.78, 5) is 22.7. The molecule has 0 saturated heterocycles. The van der Waals surface area contributed by atoms with E-state index in [4.69, 9.17) is 5.11 Å². The Hall–Kier alpha value is -1.27. The van der Waals surface area contributed by atoms with Crippen LogP contribution in [0.5, 0.6) is 0 Å². The van der Waals surface area contributed by atoms with E-state index in [2.05, 4.69) is 5.32 Å². The van der Waals surface area contributed by atoms with E-state index in [1.807, 2.05) is 0 Å². The van der Waals surface area contributed by atoms with E-state index >= 15 is 0 Å². The average Bonchev–Trinajstić information content (AvgIpc) is 2.62. The molecule has 2 N–H and O–H groups in total. The predicted octanol–water partition coefficient (Wildman–Crippen LogP) is 2.19. The predicted molar refractivity (Wildman–Crippen MR) is 63.7 cm³/mol. The maximum atomic E-state index is 12.8. The number of carbonyl (C=O) groups excluding carboxylic acids is 1. The second-order valence-corrected chi connectivity index (χ2v) is 6.37. The summed E-state index contributed by atoms with van der Waals surface area (Å²) in [6.07, 6.45) is -3.01. The second-order valence-electron chi connectivity index (χ2n) is 6.37. The molecule has 0 heterocycles. The first-order chi connectivity index (χ1) is 9.04. The summed E-state index contributed by atoms with van der Waals surface area (Å²) in [7, 11) is 0. The van der Waals surface area contributed by atoms with E-state index in [0.717, 1.165) is 13.8 Å². The van der Waals surface area contributed by atoms with Gasteiger partial charge in [-0.3, -0.25) is 9.59 Å². The molecule has 20 heavy (non-hydrogen) atoms. The van der Waals surface area contributed by atoms with Crippen LogP contribution in [-0.2, 0) is 9.59 Å². The molecule has 7 heteroatoms. The summed E-state index contributed by atoms with van der Waals surface area (Å²) in [5.74, 6) is -2.10. The first-order valence-electron chi connectivity index (χ1n) is 6.64. The summed E-state index contributed by atoms with van der Waals surface area (Å²) in [6.45, 7) is 1.71. The van der Waals surface area contributed by atoms with Crippen LogP contribution in [0.3, 0.4) is 0 Å². The maximum absolute atomic E-state index is 12.8. The van der Waals surface area contributed by atoms with E-state index in [1.165, 1.54) is 0 Å². The van der Waals surface area contributed by atoms with Crippen LogP contribution in [0.4, 0.5) is 13.2 Å². The molecule has 2 saturated carbocycles. The summed E-state index contributed by atoms with van der Waals surface area (Å²) in [5.41, 5.74) is -2.43. The zero-order valence-electron chi connectivity index (χ0n) is 11.3. The summed E-state index contributed by atoms with van der Waals surface area (Å²) in [6, 6.07) is -0.321. The number of rotatable bonds is 3. The Morgan fingerprint density at radius 2 is 1.75 bits per heavy atom. The minimum atomic E-state index is -4.60. The fourth-order valence-corrected chi connectivity index (χ4v) is 3.07. The van der Waals surface area contributed by atoms with Crippen molar-refractivity contribution in [2.75, 3.05) is 0 Å². The van der Waals surface area contributed by atoms with Crippen LogP contribution in [-0.4, -0.2) is 29.2 Å². The number of carbonyl (C=O) groups is 2. The molecule has 0 spiro atoms. The monoisotopic (exact) mass is 293 g/mol. The third-order valence-electron chi connectivity index (χ3n) is 4.77. The second kappa shape index (κ2) is 4.63. The maximum Gasteiger partial charge on any atom is 0.402 e. The molecule has 0 aromatic heterocycles. The van der Waals surface area contributed by atoms with E-state index in [0.29, 0.717) is 19.3 Å². The largest absolute Gasteiger partial charge is 0.481 e. The van der Waals surface area contributed by atoms with Crippen molar-refractivity contribution in [2.24, 2.45) is 23.2 Å². The molecule has 4 nitrogen and oxygen atoms in total. The molecule has 2 aliphatic rings. The molecule has 0 aliphatic heterocycles. The molecule has 2 fully saturated rings. The van der Waals surface area contributed by atoms with Gasteiger partial charge in [0.15, 0.2) is 0 Å². The Kier molecular flexibility index (Phi) is 3.50. The van der Waals surface area contributed by atoms with E-state index < -0.39 is 29.4 Å². The highest BCUT2D eigenvalue weighted by Crippen LogP contribution is 2.50. The zero-order valence-corrected chi connectivity index (χ0v) is 11.3. The topological polar surface area (TPSA) is 66.4 Å². The minimum Gasteiger partial charge on any atom is -0.481 e. The SMILES string of the molecule is CC(C)(C(=O)N[C@@H]1C[C@@H]2CC(C(=O)O)C[C@@H]21)C(F)(F)F. The highest BCUT2D eigenvalue weighted by atomic mass is 19.4. The highest BCUT2D eigenvalue weighted by molar-refractivity contribution is 5.83. The van der Waals surface area contributed by atoms with Crippen molar-refractivity contribution >= 4 is 11.9 Å². The first-order valence-corrected chi connectivity index (χ1v) is 6.64. The van der Waals surface area contributed by atoms with Crippen molar-refractivity contribution in [1.29, 1.82) is 0 Å². The molecule has 0 radical (unpaired) electrons. The number of halogens is 3. The van der Waals surface area contributed by atoms with Gasteiger partial charge in [0.2, 0.25) is 5.91 Å². The molecule has 0 aromatic rings. The fourth-order valence-electron chi connectivity index (χ4n) is 3.07. The number of carboxylic acids is 1. The molecule has 2 aliphatic carbocycles. The first kappa shape index (κ1) is 15.1. The van der Waals surface area contributed by atoms with Gasteiger partial charge >= 0.3 is 12.1 Å².